The second-order valence-electron chi connectivity index (χ2n) is 7.41. The summed E-state index contributed by atoms with van der Waals surface area (Å²) in [5.74, 6) is 1.42. The zero-order valence-electron chi connectivity index (χ0n) is 13.9. The van der Waals surface area contributed by atoms with Gasteiger partial charge in [0, 0.05) is 6.04 Å². The molecule has 20 heavy (non-hydrogen) atoms. The molecule has 4 atom stereocenters. The molecule has 0 radical (unpaired) electrons. The van der Waals surface area contributed by atoms with E-state index in [4.69, 9.17) is 0 Å². The standard InChI is InChI=1S/C17H32N2O/c1-6-17(5)16(20)19(15(18-17)12(2)3)14-11-9-7-8-10-13(14)4/h12-15,18H,6-11H2,1-5H3. The van der Waals surface area contributed by atoms with Gasteiger partial charge in [0.2, 0.25) is 5.91 Å². The molecule has 1 saturated heterocycles. The lowest BCUT2D eigenvalue weighted by atomic mass is 9.92. The van der Waals surface area contributed by atoms with E-state index < -0.39 is 0 Å². The average Bonchev–Trinajstić information content (AvgIpc) is 2.55. The Hall–Kier alpha value is -0.570. The molecule has 2 fully saturated rings. The highest BCUT2D eigenvalue weighted by Gasteiger charge is 2.50. The molecule has 1 amide bonds. The Labute approximate surface area is 124 Å². The van der Waals surface area contributed by atoms with Crippen LogP contribution in [0.5, 0.6) is 0 Å². The van der Waals surface area contributed by atoms with Crippen molar-refractivity contribution >= 4 is 5.91 Å². The highest BCUT2D eigenvalue weighted by atomic mass is 16.2. The van der Waals surface area contributed by atoms with Crippen LogP contribution in [0.4, 0.5) is 0 Å². The van der Waals surface area contributed by atoms with Crippen molar-refractivity contribution in [1.82, 2.24) is 10.2 Å². The van der Waals surface area contributed by atoms with E-state index in [9.17, 15) is 4.79 Å². The Morgan fingerprint density at radius 3 is 2.55 bits per heavy atom. The molecule has 0 bridgehead atoms. The first-order chi connectivity index (χ1) is 9.40. The van der Waals surface area contributed by atoms with Gasteiger partial charge in [0.15, 0.2) is 0 Å². The first-order valence-electron chi connectivity index (χ1n) is 8.51. The molecule has 2 aliphatic rings. The summed E-state index contributed by atoms with van der Waals surface area (Å²) in [7, 11) is 0. The quantitative estimate of drug-likeness (QED) is 0.802. The summed E-state index contributed by atoms with van der Waals surface area (Å²) in [5, 5.41) is 3.63. The van der Waals surface area contributed by atoms with Gasteiger partial charge in [-0.3, -0.25) is 10.1 Å². The van der Waals surface area contributed by atoms with Crippen LogP contribution in [-0.4, -0.2) is 28.6 Å². The largest absolute Gasteiger partial charge is 0.322 e. The van der Waals surface area contributed by atoms with Crippen molar-refractivity contribution in [1.29, 1.82) is 0 Å². The lowest BCUT2D eigenvalue weighted by Crippen LogP contribution is -2.49. The Balaban J connectivity index is 2.28. The number of hydrogen-bond acceptors (Lipinski definition) is 2. The number of carbonyl (C=O) groups excluding carboxylic acids is 1. The van der Waals surface area contributed by atoms with Crippen LogP contribution in [0.2, 0.25) is 0 Å². The third kappa shape index (κ3) is 2.74. The molecule has 3 nitrogen and oxygen atoms in total. The van der Waals surface area contributed by atoms with E-state index in [1.54, 1.807) is 0 Å². The monoisotopic (exact) mass is 280 g/mol. The van der Waals surface area contributed by atoms with Crippen LogP contribution in [-0.2, 0) is 4.79 Å². The predicted molar refractivity (Wildman–Crippen MR) is 83.3 cm³/mol. The minimum Gasteiger partial charge on any atom is -0.322 e. The van der Waals surface area contributed by atoms with Crippen molar-refractivity contribution in [3.8, 4) is 0 Å². The normalized spacial score (nSPS) is 39.4. The highest BCUT2D eigenvalue weighted by molar-refractivity contribution is 5.88. The molecule has 0 aromatic rings. The Morgan fingerprint density at radius 2 is 1.95 bits per heavy atom. The number of hydrogen-bond donors (Lipinski definition) is 1. The molecule has 1 aliphatic heterocycles. The molecule has 3 heteroatoms. The maximum absolute atomic E-state index is 13.0. The van der Waals surface area contributed by atoms with Crippen LogP contribution in [0.1, 0.15) is 73.1 Å². The molecule has 1 heterocycles. The number of nitrogens with one attached hydrogen (secondary N) is 1. The van der Waals surface area contributed by atoms with Crippen molar-refractivity contribution < 1.29 is 4.79 Å². The van der Waals surface area contributed by atoms with E-state index in [1.165, 1.54) is 32.1 Å². The third-order valence-electron chi connectivity index (χ3n) is 5.48. The van der Waals surface area contributed by atoms with Crippen molar-refractivity contribution in [2.45, 2.75) is 90.9 Å². The molecule has 4 unspecified atom stereocenters. The molecule has 116 valence electrons. The van der Waals surface area contributed by atoms with Gasteiger partial charge in [-0.05, 0) is 38.0 Å². The molecular formula is C17H32N2O. The van der Waals surface area contributed by atoms with Gasteiger partial charge in [-0.1, -0.05) is 47.0 Å². The van der Waals surface area contributed by atoms with E-state index in [2.05, 4.69) is 44.8 Å². The number of rotatable bonds is 3. The zero-order chi connectivity index (χ0) is 14.9. The second kappa shape index (κ2) is 6.05. The van der Waals surface area contributed by atoms with Crippen LogP contribution in [0.15, 0.2) is 0 Å². The topological polar surface area (TPSA) is 32.3 Å². The van der Waals surface area contributed by atoms with E-state index in [0.717, 1.165) is 6.42 Å². The summed E-state index contributed by atoms with van der Waals surface area (Å²) in [6.45, 7) is 11.0. The van der Waals surface area contributed by atoms with E-state index in [0.29, 0.717) is 23.8 Å². The molecule has 2 rings (SSSR count). The molecule has 1 N–H and O–H groups in total. The van der Waals surface area contributed by atoms with Gasteiger partial charge in [-0.2, -0.15) is 0 Å². The minimum absolute atomic E-state index is 0.206. The van der Waals surface area contributed by atoms with Gasteiger partial charge >= 0.3 is 0 Å². The first-order valence-corrected chi connectivity index (χ1v) is 8.51. The smallest absolute Gasteiger partial charge is 0.244 e. The maximum atomic E-state index is 13.0. The van der Waals surface area contributed by atoms with E-state index in [1.807, 2.05) is 0 Å². The summed E-state index contributed by atoms with van der Waals surface area (Å²) in [6.07, 6.45) is 7.44. The van der Waals surface area contributed by atoms with Crippen LogP contribution in [0.25, 0.3) is 0 Å². The van der Waals surface area contributed by atoms with Crippen molar-refractivity contribution in [3.63, 3.8) is 0 Å². The lowest BCUT2D eigenvalue weighted by molar-refractivity contribution is -0.136. The highest BCUT2D eigenvalue weighted by Crippen LogP contribution is 2.35. The fourth-order valence-corrected chi connectivity index (χ4v) is 3.85. The molecular weight excluding hydrogens is 248 g/mol. The Morgan fingerprint density at radius 1 is 1.30 bits per heavy atom. The summed E-state index contributed by atoms with van der Waals surface area (Å²) >= 11 is 0. The van der Waals surface area contributed by atoms with Gasteiger partial charge in [0.05, 0.1) is 11.7 Å². The van der Waals surface area contributed by atoms with Crippen LogP contribution in [0, 0.1) is 11.8 Å². The van der Waals surface area contributed by atoms with Crippen LogP contribution >= 0.6 is 0 Å². The SMILES string of the molecule is CCC1(C)NC(C(C)C)N(C2CCCCCC2C)C1=O. The number of carbonyl (C=O) groups is 1. The predicted octanol–water partition coefficient (Wildman–Crippen LogP) is 3.54. The average molecular weight is 280 g/mol. The molecule has 0 aromatic carbocycles. The van der Waals surface area contributed by atoms with Gasteiger partial charge in [-0.25, -0.2) is 0 Å². The summed E-state index contributed by atoms with van der Waals surface area (Å²) in [6, 6.07) is 0.429. The molecule has 1 aliphatic carbocycles. The van der Waals surface area contributed by atoms with Crippen LogP contribution < -0.4 is 5.32 Å². The summed E-state index contributed by atoms with van der Waals surface area (Å²) in [5.41, 5.74) is -0.360. The van der Waals surface area contributed by atoms with Crippen molar-refractivity contribution in [3.05, 3.63) is 0 Å². The van der Waals surface area contributed by atoms with Gasteiger partial charge in [0.25, 0.3) is 0 Å². The lowest BCUT2D eigenvalue weighted by Gasteiger charge is -2.37. The molecule has 1 saturated carbocycles. The number of amides is 1. The van der Waals surface area contributed by atoms with Crippen LogP contribution in [0.3, 0.4) is 0 Å². The molecule has 0 spiro atoms. The van der Waals surface area contributed by atoms with Gasteiger partial charge in [-0.15, -0.1) is 0 Å². The van der Waals surface area contributed by atoms with Gasteiger partial charge in [0.1, 0.15) is 0 Å². The molecule has 0 aromatic heterocycles. The van der Waals surface area contributed by atoms with Gasteiger partial charge < -0.3 is 4.90 Å². The van der Waals surface area contributed by atoms with Crippen molar-refractivity contribution in [2.24, 2.45) is 11.8 Å². The fourth-order valence-electron chi connectivity index (χ4n) is 3.85. The zero-order valence-corrected chi connectivity index (χ0v) is 13.9. The second-order valence-corrected chi connectivity index (χ2v) is 7.41. The maximum Gasteiger partial charge on any atom is 0.244 e. The van der Waals surface area contributed by atoms with E-state index in [-0.39, 0.29) is 11.7 Å². The first kappa shape index (κ1) is 15.8. The van der Waals surface area contributed by atoms with Crippen molar-refractivity contribution in [2.75, 3.05) is 0 Å². The Bertz CT molecular complexity index is 355. The van der Waals surface area contributed by atoms with E-state index >= 15 is 0 Å². The fraction of sp³-hybridized carbons (Fsp3) is 0.941. The number of nitrogens with zero attached hydrogens (tertiary/aromatic N) is 1. The Kier molecular flexibility index (Phi) is 4.78. The third-order valence-corrected chi connectivity index (χ3v) is 5.48. The summed E-state index contributed by atoms with van der Waals surface area (Å²) in [4.78, 5) is 15.2. The minimum atomic E-state index is -0.360. The summed E-state index contributed by atoms with van der Waals surface area (Å²) < 4.78 is 0.